The number of likely N-dealkylation sites (N-methyl/N-ethyl adjacent to an activating group) is 1. The number of aromatic nitrogens is 2. The van der Waals surface area contributed by atoms with Crippen LogP contribution in [0.15, 0.2) is 30.5 Å². The summed E-state index contributed by atoms with van der Waals surface area (Å²) in [6, 6.07) is 6.26. The van der Waals surface area contributed by atoms with Crippen molar-refractivity contribution < 1.29 is 9.18 Å². The van der Waals surface area contributed by atoms with Gasteiger partial charge in [0.05, 0.1) is 5.69 Å². The summed E-state index contributed by atoms with van der Waals surface area (Å²) in [6.07, 6.45) is 1.89. The number of imidazole rings is 1. The van der Waals surface area contributed by atoms with Gasteiger partial charge in [0, 0.05) is 43.6 Å². The summed E-state index contributed by atoms with van der Waals surface area (Å²) in [4.78, 5) is 20.9. The van der Waals surface area contributed by atoms with E-state index in [-0.39, 0.29) is 11.7 Å². The van der Waals surface area contributed by atoms with Gasteiger partial charge in [-0.3, -0.25) is 14.6 Å². The molecule has 1 aliphatic rings. The minimum Gasteiger partial charge on any atom is -0.304 e. The van der Waals surface area contributed by atoms with Gasteiger partial charge < -0.3 is 4.90 Å². The van der Waals surface area contributed by atoms with Crippen LogP contribution in [0, 0.1) is 12.7 Å². The third kappa shape index (κ3) is 3.23. The Bertz CT molecular complexity index is 941. The van der Waals surface area contributed by atoms with Crippen LogP contribution in [-0.4, -0.2) is 58.4 Å². The Morgan fingerprint density at radius 2 is 1.88 bits per heavy atom. The van der Waals surface area contributed by atoms with E-state index < -0.39 is 0 Å². The average Bonchev–Trinajstić information content (AvgIpc) is 3.17. The summed E-state index contributed by atoms with van der Waals surface area (Å²) in [5, 5.41) is 1.97. The Balaban J connectivity index is 1.55. The van der Waals surface area contributed by atoms with Gasteiger partial charge in [0.1, 0.15) is 10.7 Å². The number of fused-ring (bicyclic) bond motifs is 1. The molecule has 3 aromatic rings. The molecule has 0 aliphatic carbocycles. The fraction of sp³-hybridized carbons (Fsp3) is 0.333. The summed E-state index contributed by atoms with van der Waals surface area (Å²) in [5.74, 6) is -0.361. The van der Waals surface area contributed by atoms with E-state index in [0.29, 0.717) is 4.88 Å². The second kappa shape index (κ2) is 6.79. The fourth-order valence-electron chi connectivity index (χ4n) is 3.03. The van der Waals surface area contributed by atoms with Crippen molar-refractivity contribution in [2.24, 2.45) is 0 Å². The molecule has 1 aromatic carbocycles. The highest BCUT2D eigenvalue weighted by atomic mass is 32.1. The first kappa shape index (κ1) is 17.1. The Labute approximate surface area is 154 Å². The Hall–Kier alpha value is -2.29. The standard InChI is InChI=1S/C18H20FN5OS/c1-12-16(17(25)21-23-9-7-22(2)8-10-23)26-18-20-15(11-24(12)18)13-3-5-14(19)6-4-13/h3-6,11H,7-10H2,1-2H3,(H,21,25). The van der Waals surface area contributed by atoms with E-state index in [0.717, 1.165) is 48.1 Å². The third-order valence-electron chi connectivity index (χ3n) is 4.67. The Morgan fingerprint density at radius 3 is 2.54 bits per heavy atom. The highest BCUT2D eigenvalue weighted by Gasteiger charge is 2.21. The number of piperazine rings is 1. The van der Waals surface area contributed by atoms with Crippen molar-refractivity contribution in [1.82, 2.24) is 24.7 Å². The van der Waals surface area contributed by atoms with E-state index in [1.165, 1.54) is 23.5 Å². The maximum atomic E-state index is 13.1. The number of hydrogen-bond donors (Lipinski definition) is 1. The van der Waals surface area contributed by atoms with E-state index >= 15 is 0 Å². The first-order valence-electron chi connectivity index (χ1n) is 8.50. The molecular formula is C18H20FN5OS. The molecule has 3 heterocycles. The molecule has 136 valence electrons. The van der Waals surface area contributed by atoms with Crippen molar-refractivity contribution >= 4 is 22.2 Å². The van der Waals surface area contributed by atoms with Gasteiger partial charge >= 0.3 is 0 Å². The molecule has 1 N–H and O–H groups in total. The molecule has 26 heavy (non-hydrogen) atoms. The van der Waals surface area contributed by atoms with Crippen LogP contribution in [0.5, 0.6) is 0 Å². The number of nitrogens with one attached hydrogen (secondary N) is 1. The SMILES string of the molecule is Cc1c(C(=O)NN2CCN(C)CC2)sc2nc(-c3ccc(F)cc3)cn12. The molecule has 2 aromatic heterocycles. The molecule has 0 spiro atoms. The fourth-order valence-corrected chi connectivity index (χ4v) is 4.03. The number of carbonyl (C=O) groups is 1. The zero-order chi connectivity index (χ0) is 18.3. The lowest BCUT2D eigenvalue weighted by molar-refractivity contribution is 0.0665. The molecule has 4 rings (SSSR count). The minimum atomic E-state index is -0.270. The van der Waals surface area contributed by atoms with Crippen LogP contribution in [0.1, 0.15) is 15.4 Å². The van der Waals surface area contributed by atoms with Crippen LogP contribution in [0.3, 0.4) is 0 Å². The van der Waals surface area contributed by atoms with E-state index in [2.05, 4.69) is 22.4 Å². The number of nitrogens with zero attached hydrogens (tertiary/aromatic N) is 4. The van der Waals surface area contributed by atoms with E-state index in [4.69, 9.17) is 0 Å². The number of hydrogen-bond acceptors (Lipinski definition) is 5. The molecule has 0 bridgehead atoms. The van der Waals surface area contributed by atoms with E-state index in [1.807, 2.05) is 22.5 Å². The third-order valence-corrected chi connectivity index (χ3v) is 5.82. The maximum absolute atomic E-state index is 13.1. The number of amides is 1. The van der Waals surface area contributed by atoms with Gasteiger partial charge in [0.25, 0.3) is 5.91 Å². The molecule has 0 saturated carbocycles. The van der Waals surface area contributed by atoms with E-state index in [1.54, 1.807) is 12.1 Å². The molecule has 1 fully saturated rings. The highest BCUT2D eigenvalue weighted by molar-refractivity contribution is 7.19. The number of aryl methyl sites for hydroxylation is 1. The molecule has 0 radical (unpaired) electrons. The smallest absolute Gasteiger partial charge is 0.277 e. The van der Waals surface area contributed by atoms with Crippen molar-refractivity contribution in [1.29, 1.82) is 0 Å². The molecule has 8 heteroatoms. The van der Waals surface area contributed by atoms with Gasteiger partial charge in [0.2, 0.25) is 0 Å². The molecule has 1 saturated heterocycles. The molecule has 0 unspecified atom stereocenters. The van der Waals surface area contributed by atoms with E-state index in [9.17, 15) is 9.18 Å². The molecular weight excluding hydrogens is 353 g/mol. The highest BCUT2D eigenvalue weighted by Crippen LogP contribution is 2.27. The van der Waals surface area contributed by atoms with Crippen molar-refractivity contribution in [3.05, 3.63) is 46.9 Å². The van der Waals surface area contributed by atoms with Crippen LogP contribution < -0.4 is 5.43 Å². The first-order chi connectivity index (χ1) is 12.5. The predicted molar refractivity (Wildman–Crippen MR) is 99.7 cm³/mol. The van der Waals surface area contributed by atoms with Crippen molar-refractivity contribution in [2.45, 2.75) is 6.92 Å². The second-order valence-corrected chi connectivity index (χ2v) is 7.51. The van der Waals surface area contributed by atoms with Crippen LogP contribution in [0.2, 0.25) is 0 Å². The monoisotopic (exact) mass is 373 g/mol. The number of thiazole rings is 1. The maximum Gasteiger partial charge on any atom is 0.277 e. The Morgan fingerprint density at radius 1 is 1.19 bits per heavy atom. The molecule has 1 amide bonds. The topological polar surface area (TPSA) is 52.9 Å². The van der Waals surface area contributed by atoms with Crippen molar-refractivity contribution in [3.8, 4) is 11.3 Å². The van der Waals surface area contributed by atoms with Gasteiger partial charge in [-0.2, -0.15) is 0 Å². The zero-order valence-corrected chi connectivity index (χ0v) is 15.5. The van der Waals surface area contributed by atoms with Crippen molar-refractivity contribution in [2.75, 3.05) is 33.2 Å². The number of benzene rings is 1. The molecule has 0 atom stereocenters. The number of rotatable bonds is 3. The largest absolute Gasteiger partial charge is 0.304 e. The van der Waals surface area contributed by atoms with Crippen LogP contribution in [0.4, 0.5) is 4.39 Å². The molecule has 1 aliphatic heterocycles. The number of carbonyl (C=O) groups excluding carboxylic acids is 1. The summed E-state index contributed by atoms with van der Waals surface area (Å²) >= 11 is 1.37. The number of halogens is 1. The minimum absolute atomic E-state index is 0.0918. The average molecular weight is 373 g/mol. The lowest BCUT2D eigenvalue weighted by atomic mass is 10.2. The summed E-state index contributed by atoms with van der Waals surface area (Å²) in [7, 11) is 2.08. The van der Waals surface area contributed by atoms with Gasteiger partial charge in [-0.05, 0) is 38.2 Å². The summed E-state index contributed by atoms with van der Waals surface area (Å²) in [6.45, 7) is 5.43. The van der Waals surface area contributed by atoms with Crippen LogP contribution in [-0.2, 0) is 0 Å². The first-order valence-corrected chi connectivity index (χ1v) is 9.32. The Kier molecular flexibility index (Phi) is 4.47. The van der Waals surface area contributed by atoms with Gasteiger partial charge in [0.15, 0.2) is 4.96 Å². The quantitative estimate of drug-likeness (QED) is 0.766. The molecule has 6 nitrogen and oxygen atoms in total. The van der Waals surface area contributed by atoms with Gasteiger partial charge in [-0.25, -0.2) is 14.4 Å². The zero-order valence-electron chi connectivity index (χ0n) is 14.7. The van der Waals surface area contributed by atoms with Gasteiger partial charge in [-0.15, -0.1) is 0 Å². The van der Waals surface area contributed by atoms with Gasteiger partial charge in [-0.1, -0.05) is 11.3 Å². The van der Waals surface area contributed by atoms with Crippen LogP contribution in [0.25, 0.3) is 16.2 Å². The summed E-state index contributed by atoms with van der Waals surface area (Å²) < 4.78 is 15.0. The van der Waals surface area contributed by atoms with Crippen LogP contribution >= 0.6 is 11.3 Å². The lowest BCUT2D eigenvalue weighted by Gasteiger charge is -2.32. The predicted octanol–water partition coefficient (Wildman–Crippen LogP) is 2.40. The summed E-state index contributed by atoms with van der Waals surface area (Å²) in [5.41, 5.74) is 5.47. The normalized spacial score (nSPS) is 16.3. The number of hydrazine groups is 1. The lowest BCUT2D eigenvalue weighted by Crippen LogP contribution is -2.52. The van der Waals surface area contributed by atoms with Crippen molar-refractivity contribution in [3.63, 3.8) is 0 Å². The second-order valence-electron chi connectivity index (χ2n) is 6.53.